The molecule has 166 valence electrons. The molecule has 2 atom stereocenters. The number of aromatic nitrogens is 4. The number of halogens is 1. The average molecular weight is 461 g/mol. The van der Waals surface area contributed by atoms with Gasteiger partial charge < -0.3 is 4.57 Å². The first-order valence-electron chi connectivity index (χ1n) is 10.9. The lowest BCUT2D eigenvalue weighted by Crippen LogP contribution is -2.08. The first-order valence-corrected chi connectivity index (χ1v) is 12.8. The molecule has 0 radical (unpaired) electrons. The Hall–Kier alpha value is -3.39. The van der Waals surface area contributed by atoms with Crippen molar-refractivity contribution in [3.05, 3.63) is 72.6 Å². The highest BCUT2D eigenvalue weighted by Gasteiger charge is 2.41. The molecule has 6 nitrogen and oxygen atoms in total. The monoisotopic (exact) mass is 460 g/mol. The van der Waals surface area contributed by atoms with Crippen LogP contribution in [0.1, 0.15) is 37.0 Å². The van der Waals surface area contributed by atoms with Gasteiger partial charge in [0.25, 0.3) is 0 Å². The Morgan fingerprint density at radius 1 is 0.970 bits per heavy atom. The van der Waals surface area contributed by atoms with E-state index in [4.69, 9.17) is 4.98 Å². The molecule has 1 fully saturated rings. The minimum absolute atomic E-state index is 0.275. The highest BCUT2D eigenvalue weighted by atomic mass is 32.2. The summed E-state index contributed by atoms with van der Waals surface area (Å²) in [6.45, 7) is 0. The number of hydrogen-bond acceptors (Lipinski definition) is 5. The predicted octanol–water partition coefficient (Wildman–Crippen LogP) is 5.04. The van der Waals surface area contributed by atoms with Gasteiger partial charge in [0, 0.05) is 35.5 Å². The van der Waals surface area contributed by atoms with Gasteiger partial charge in [-0.25, -0.2) is 17.8 Å². The molecule has 8 heteroatoms. The maximum Gasteiger partial charge on any atom is 0.175 e. The van der Waals surface area contributed by atoms with Crippen molar-refractivity contribution in [1.82, 2.24) is 19.5 Å². The smallest absolute Gasteiger partial charge is 0.175 e. The van der Waals surface area contributed by atoms with Gasteiger partial charge in [-0.15, -0.1) is 0 Å². The summed E-state index contributed by atoms with van der Waals surface area (Å²) in [4.78, 5) is 14.1. The SMILES string of the molecule is CS(=O)(=O)c1ccc(-c2cc(-c3c(-c4ccc(F)cn4)nc4n3C3CCC4C3)ccn2)cc1. The molecule has 2 aliphatic rings. The highest BCUT2D eigenvalue weighted by molar-refractivity contribution is 7.90. The van der Waals surface area contributed by atoms with Crippen LogP contribution in [-0.4, -0.2) is 34.2 Å². The number of pyridine rings is 2. The van der Waals surface area contributed by atoms with E-state index in [2.05, 4.69) is 14.5 Å². The number of nitrogens with zero attached hydrogens (tertiary/aromatic N) is 4. The summed E-state index contributed by atoms with van der Waals surface area (Å²) < 4.78 is 39.5. The first kappa shape index (κ1) is 20.2. The zero-order valence-electron chi connectivity index (χ0n) is 17.9. The van der Waals surface area contributed by atoms with Gasteiger partial charge in [-0.05, 0) is 55.7 Å². The molecular formula is C25H21FN4O2S. The minimum atomic E-state index is -3.26. The molecule has 3 aromatic heterocycles. The molecular weight excluding hydrogens is 439 g/mol. The maximum atomic E-state index is 13.5. The quantitative estimate of drug-likeness (QED) is 0.426. The summed E-state index contributed by atoms with van der Waals surface area (Å²) in [5.74, 6) is 1.15. The molecule has 1 aliphatic carbocycles. The second-order valence-corrected chi connectivity index (χ2v) is 10.8. The number of hydrogen-bond donors (Lipinski definition) is 0. The van der Waals surface area contributed by atoms with E-state index in [1.807, 2.05) is 12.1 Å². The highest BCUT2D eigenvalue weighted by Crippen LogP contribution is 2.52. The van der Waals surface area contributed by atoms with E-state index in [0.29, 0.717) is 17.7 Å². The van der Waals surface area contributed by atoms with Crippen molar-refractivity contribution in [2.45, 2.75) is 36.1 Å². The molecule has 6 rings (SSSR count). The second kappa shape index (κ2) is 7.31. The lowest BCUT2D eigenvalue weighted by atomic mass is 10.0. The maximum absolute atomic E-state index is 13.5. The van der Waals surface area contributed by atoms with Crippen LogP contribution in [0.15, 0.2) is 65.8 Å². The molecule has 0 spiro atoms. The van der Waals surface area contributed by atoms with Crippen molar-refractivity contribution >= 4 is 9.84 Å². The molecule has 4 heterocycles. The van der Waals surface area contributed by atoms with E-state index in [1.165, 1.54) is 18.5 Å². The second-order valence-electron chi connectivity index (χ2n) is 8.79. The summed E-state index contributed by atoms with van der Waals surface area (Å²) in [7, 11) is -3.26. The summed E-state index contributed by atoms with van der Waals surface area (Å²) in [6, 6.07) is 14.2. The van der Waals surface area contributed by atoms with Crippen molar-refractivity contribution in [3.8, 4) is 33.9 Å². The zero-order chi connectivity index (χ0) is 22.7. The Bertz CT molecular complexity index is 1480. The first-order chi connectivity index (χ1) is 15.9. The van der Waals surface area contributed by atoms with Crippen LogP contribution in [0.2, 0.25) is 0 Å². The van der Waals surface area contributed by atoms with E-state index in [1.54, 1.807) is 36.5 Å². The molecule has 1 aromatic carbocycles. The molecule has 1 saturated carbocycles. The summed E-state index contributed by atoms with van der Waals surface area (Å²) in [5.41, 5.74) is 4.90. The lowest BCUT2D eigenvalue weighted by molar-refractivity contribution is 0.530. The van der Waals surface area contributed by atoms with Gasteiger partial charge in [-0.2, -0.15) is 0 Å². The summed E-state index contributed by atoms with van der Waals surface area (Å²) in [6.07, 6.45) is 7.55. The Kier molecular flexibility index (Phi) is 4.48. The topological polar surface area (TPSA) is 77.7 Å². The minimum Gasteiger partial charge on any atom is -0.324 e. The molecule has 0 saturated heterocycles. The molecule has 2 unspecified atom stereocenters. The van der Waals surface area contributed by atoms with Crippen molar-refractivity contribution in [2.75, 3.05) is 6.26 Å². The Morgan fingerprint density at radius 3 is 2.52 bits per heavy atom. The van der Waals surface area contributed by atoms with Gasteiger partial charge in [-0.3, -0.25) is 9.97 Å². The van der Waals surface area contributed by atoms with Crippen LogP contribution >= 0.6 is 0 Å². The average Bonchev–Trinajstić information content (AvgIpc) is 3.52. The third-order valence-corrected chi connectivity index (χ3v) is 7.78. The molecule has 4 aromatic rings. The normalized spacial score (nSPS) is 19.1. The summed E-state index contributed by atoms with van der Waals surface area (Å²) in [5, 5.41) is 0. The van der Waals surface area contributed by atoms with Crippen LogP contribution in [0.3, 0.4) is 0 Å². The van der Waals surface area contributed by atoms with Crippen LogP contribution in [0, 0.1) is 5.82 Å². The van der Waals surface area contributed by atoms with Gasteiger partial charge in [-0.1, -0.05) is 12.1 Å². The Labute approximate surface area is 191 Å². The Balaban J connectivity index is 1.49. The number of imidazole rings is 1. The largest absolute Gasteiger partial charge is 0.324 e. The standard InChI is InChI=1S/C25H21FN4O2S/c1-33(31,32)20-7-3-15(4-8-20)22-13-16(10-11-27-22)24-23(21-9-5-18(26)14-28-21)29-25-17-2-6-19(12-17)30(24)25/h3-5,7-11,13-14,17,19H,2,6,12H2,1H3. The van der Waals surface area contributed by atoms with E-state index >= 15 is 0 Å². The molecule has 0 N–H and O–H groups in total. The predicted molar refractivity (Wildman–Crippen MR) is 123 cm³/mol. The van der Waals surface area contributed by atoms with Crippen LogP contribution in [0.5, 0.6) is 0 Å². The van der Waals surface area contributed by atoms with Crippen LogP contribution in [0.25, 0.3) is 33.9 Å². The number of fused-ring (bicyclic) bond motifs is 5. The van der Waals surface area contributed by atoms with Gasteiger partial charge in [0.2, 0.25) is 0 Å². The number of rotatable bonds is 4. The third kappa shape index (κ3) is 3.36. The number of sulfone groups is 1. The van der Waals surface area contributed by atoms with Gasteiger partial charge in [0.1, 0.15) is 17.3 Å². The van der Waals surface area contributed by atoms with Gasteiger partial charge >= 0.3 is 0 Å². The molecule has 33 heavy (non-hydrogen) atoms. The third-order valence-electron chi connectivity index (χ3n) is 6.66. The zero-order valence-corrected chi connectivity index (χ0v) is 18.8. The van der Waals surface area contributed by atoms with Crippen molar-refractivity contribution in [3.63, 3.8) is 0 Å². The van der Waals surface area contributed by atoms with Crippen molar-refractivity contribution < 1.29 is 12.8 Å². The fraction of sp³-hybridized carbons (Fsp3) is 0.240. The number of benzene rings is 1. The van der Waals surface area contributed by atoms with Gasteiger partial charge in [0.05, 0.1) is 28.2 Å². The van der Waals surface area contributed by atoms with E-state index in [9.17, 15) is 12.8 Å². The van der Waals surface area contributed by atoms with Crippen molar-refractivity contribution in [2.24, 2.45) is 0 Å². The van der Waals surface area contributed by atoms with E-state index in [0.717, 1.165) is 53.3 Å². The Morgan fingerprint density at radius 2 is 1.79 bits per heavy atom. The van der Waals surface area contributed by atoms with Crippen LogP contribution < -0.4 is 0 Å². The van der Waals surface area contributed by atoms with Crippen LogP contribution in [0.4, 0.5) is 4.39 Å². The van der Waals surface area contributed by atoms with Crippen molar-refractivity contribution in [1.29, 1.82) is 0 Å². The summed E-state index contributed by atoms with van der Waals surface area (Å²) >= 11 is 0. The van der Waals surface area contributed by atoms with Crippen LogP contribution in [-0.2, 0) is 9.84 Å². The van der Waals surface area contributed by atoms with Gasteiger partial charge in [0.15, 0.2) is 9.84 Å². The molecule has 2 bridgehead atoms. The molecule has 0 amide bonds. The fourth-order valence-electron chi connectivity index (χ4n) is 5.11. The lowest BCUT2D eigenvalue weighted by Gasteiger charge is -2.17. The van der Waals surface area contributed by atoms with E-state index in [-0.39, 0.29) is 10.7 Å². The molecule has 1 aliphatic heterocycles. The van der Waals surface area contributed by atoms with E-state index < -0.39 is 9.84 Å². The fourth-order valence-corrected chi connectivity index (χ4v) is 5.74.